The summed E-state index contributed by atoms with van der Waals surface area (Å²) in [7, 11) is -1.25. The SMILES string of the molecule is Cc1ccc(-c2nc(C(F)(F)F)cn2COCC[Si](C)(C)C)nc1. The molecule has 0 aliphatic rings. The van der Waals surface area contributed by atoms with Crippen molar-refractivity contribution in [1.29, 1.82) is 0 Å². The Bertz CT molecular complexity index is 675. The van der Waals surface area contributed by atoms with Gasteiger partial charge in [-0.15, -0.1) is 0 Å². The first-order valence-electron chi connectivity index (χ1n) is 7.71. The summed E-state index contributed by atoms with van der Waals surface area (Å²) in [5.41, 5.74) is 0.387. The Hall–Kier alpha value is -1.67. The fraction of sp³-hybridized carbons (Fsp3) is 0.500. The Kier molecular flexibility index (Phi) is 5.49. The highest BCUT2D eigenvalue weighted by molar-refractivity contribution is 6.76. The van der Waals surface area contributed by atoms with Gasteiger partial charge < -0.3 is 9.30 Å². The van der Waals surface area contributed by atoms with Gasteiger partial charge in [0.2, 0.25) is 0 Å². The predicted molar refractivity (Wildman–Crippen MR) is 89.3 cm³/mol. The number of alkyl halides is 3. The van der Waals surface area contributed by atoms with Crippen LogP contribution in [-0.2, 0) is 17.6 Å². The molecule has 0 N–H and O–H groups in total. The number of aryl methyl sites for hydroxylation is 1. The second-order valence-corrected chi connectivity index (χ2v) is 12.6. The van der Waals surface area contributed by atoms with Gasteiger partial charge in [-0.1, -0.05) is 25.7 Å². The average Bonchev–Trinajstić information content (AvgIpc) is 2.88. The molecule has 0 aliphatic carbocycles. The normalized spacial score (nSPS) is 12.6. The van der Waals surface area contributed by atoms with E-state index in [1.807, 2.05) is 6.92 Å². The lowest BCUT2D eigenvalue weighted by Crippen LogP contribution is -2.22. The van der Waals surface area contributed by atoms with E-state index >= 15 is 0 Å². The zero-order chi connectivity index (χ0) is 18.0. The Morgan fingerprint density at radius 2 is 1.92 bits per heavy atom. The van der Waals surface area contributed by atoms with Crippen molar-refractivity contribution in [3.8, 4) is 11.5 Å². The molecule has 0 fully saturated rings. The molecule has 4 nitrogen and oxygen atoms in total. The van der Waals surface area contributed by atoms with Gasteiger partial charge in [0.05, 0.1) is 0 Å². The zero-order valence-electron chi connectivity index (χ0n) is 14.3. The summed E-state index contributed by atoms with van der Waals surface area (Å²) in [5, 5.41) is 0. The maximum absolute atomic E-state index is 13.0. The van der Waals surface area contributed by atoms with E-state index in [4.69, 9.17) is 4.74 Å². The van der Waals surface area contributed by atoms with Crippen molar-refractivity contribution in [2.75, 3.05) is 6.61 Å². The predicted octanol–water partition coefficient (Wildman–Crippen LogP) is 4.58. The molecule has 24 heavy (non-hydrogen) atoms. The molecule has 0 spiro atoms. The van der Waals surface area contributed by atoms with E-state index in [9.17, 15) is 13.2 Å². The quantitative estimate of drug-likeness (QED) is 0.561. The number of halogens is 3. The van der Waals surface area contributed by atoms with Crippen LogP contribution in [0, 0.1) is 6.92 Å². The Morgan fingerprint density at radius 1 is 1.21 bits per heavy atom. The van der Waals surface area contributed by atoms with Crippen molar-refractivity contribution in [3.63, 3.8) is 0 Å². The first kappa shape index (κ1) is 18.7. The fourth-order valence-corrected chi connectivity index (χ4v) is 2.75. The number of ether oxygens (including phenoxy) is 1. The highest BCUT2D eigenvalue weighted by Gasteiger charge is 2.35. The van der Waals surface area contributed by atoms with Crippen LogP contribution in [0.3, 0.4) is 0 Å². The lowest BCUT2D eigenvalue weighted by atomic mass is 10.2. The molecule has 0 radical (unpaired) electrons. The smallest absolute Gasteiger partial charge is 0.361 e. The van der Waals surface area contributed by atoms with Gasteiger partial charge in [0.1, 0.15) is 12.4 Å². The van der Waals surface area contributed by atoms with E-state index < -0.39 is 19.9 Å². The molecule has 132 valence electrons. The van der Waals surface area contributed by atoms with Crippen molar-refractivity contribution >= 4 is 8.07 Å². The number of hydrogen-bond acceptors (Lipinski definition) is 3. The van der Waals surface area contributed by atoms with E-state index in [1.54, 1.807) is 18.3 Å². The number of nitrogens with zero attached hydrogens (tertiary/aromatic N) is 3. The summed E-state index contributed by atoms with van der Waals surface area (Å²) in [5.74, 6) is 0.162. The highest BCUT2D eigenvalue weighted by atomic mass is 28.3. The van der Waals surface area contributed by atoms with Crippen LogP contribution in [0.4, 0.5) is 13.2 Å². The van der Waals surface area contributed by atoms with Crippen LogP contribution in [-0.4, -0.2) is 29.2 Å². The third kappa shape index (κ3) is 5.17. The van der Waals surface area contributed by atoms with E-state index in [0.717, 1.165) is 17.8 Å². The van der Waals surface area contributed by atoms with Crippen LogP contribution in [0.25, 0.3) is 11.5 Å². The van der Waals surface area contributed by atoms with Gasteiger partial charge in [-0.3, -0.25) is 4.98 Å². The topological polar surface area (TPSA) is 39.9 Å². The summed E-state index contributed by atoms with van der Waals surface area (Å²) in [6.07, 6.45) is -1.91. The molecule has 0 saturated heterocycles. The minimum atomic E-state index is -4.50. The Morgan fingerprint density at radius 3 is 2.46 bits per heavy atom. The van der Waals surface area contributed by atoms with Crippen molar-refractivity contribution in [2.24, 2.45) is 0 Å². The highest BCUT2D eigenvalue weighted by Crippen LogP contribution is 2.30. The minimum Gasteiger partial charge on any atom is -0.361 e. The summed E-state index contributed by atoms with van der Waals surface area (Å²) in [6.45, 7) is 9.07. The molecule has 0 amide bonds. The standard InChI is InChI=1S/C16H22F3N3OSi/c1-12-5-6-13(20-9-12)15-21-14(16(17,18)19)10-22(15)11-23-7-8-24(2,3)4/h5-6,9-10H,7-8,11H2,1-4H3. The van der Waals surface area contributed by atoms with Crippen molar-refractivity contribution in [2.45, 2.75) is 45.5 Å². The van der Waals surface area contributed by atoms with E-state index in [2.05, 4.69) is 29.6 Å². The number of imidazole rings is 1. The largest absolute Gasteiger partial charge is 0.434 e. The monoisotopic (exact) mass is 357 g/mol. The molecule has 8 heteroatoms. The van der Waals surface area contributed by atoms with Gasteiger partial charge >= 0.3 is 6.18 Å². The molecular formula is C16H22F3N3OSi. The average molecular weight is 357 g/mol. The van der Waals surface area contributed by atoms with Gasteiger partial charge in [0, 0.05) is 27.1 Å². The molecule has 2 heterocycles. The fourth-order valence-electron chi connectivity index (χ4n) is 2.00. The van der Waals surface area contributed by atoms with Crippen molar-refractivity contribution in [3.05, 3.63) is 35.8 Å². The zero-order valence-corrected chi connectivity index (χ0v) is 15.3. The Balaban J connectivity index is 2.21. The van der Waals surface area contributed by atoms with Crippen LogP contribution in [0.5, 0.6) is 0 Å². The summed E-state index contributed by atoms with van der Waals surface area (Å²) in [4.78, 5) is 7.89. The first-order chi connectivity index (χ1) is 11.1. The number of pyridine rings is 1. The van der Waals surface area contributed by atoms with Crippen molar-refractivity contribution in [1.82, 2.24) is 14.5 Å². The molecule has 0 saturated carbocycles. The van der Waals surface area contributed by atoms with E-state index in [0.29, 0.717) is 12.3 Å². The first-order valence-corrected chi connectivity index (χ1v) is 11.4. The molecule has 2 rings (SSSR count). The molecular weight excluding hydrogens is 335 g/mol. The molecule has 0 bridgehead atoms. The summed E-state index contributed by atoms with van der Waals surface area (Å²) < 4.78 is 45.9. The minimum absolute atomic E-state index is 0.0262. The number of rotatable bonds is 6. The van der Waals surface area contributed by atoms with Crippen LogP contribution >= 0.6 is 0 Å². The van der Waals surface area contributed by atoms with E-state index in [-0.39, 0.29) is 12.6 Å². The van der Waals surface area contributed by atoms with Gasteiger partial charge in [-0.2, -0.15) is 13.2 Å². The van der Waals surface area contributed by atoms with Crippen molar-refractivity contribution < 1.29 is 17.9 Å². The molecule has 2 aromatic rings. The van der Waals surface area contributed by atoms with Crippen LogP contribution in [0.2, 0.25) is 25.7 Å². The molecule has 0 unspecified atom stereocenters. The second kappa shape index (κ2) is 7.06. The molecule has 2 aromatic heterocycles. The number of hydrogen-bond donors (Lipinski definition) is 0. The van der Waals surface area contributed by atoms with Crippen LogP contribution < -0.4 is 0 Å². The van der Waals surface area contributed by atoms with Gasteiger partial charge in [0.15, 0.2) is 11.5 Å². The second-order valence-electron chi connectivity index (χ2n) is 6.99. The summed E-state index contributed by atoms with van der Waals surface area (Å²) in [6, 6.07) is 4.41. The third-order valence-electron chi connectivity index (χ3n) is 3.43. The van der Waals surface area contributed by atoms with Gasteiger partial charge in [-0.25, -0.2) is 4.98 Å². The van der Waals surface area contributed by atoms with E-state index in [1.165, 1.54) is 4.57 Å². The maximum Gasteiger partial charge on any atom is 0.434 e. The van der Waals surface area contributed by atoms with Gasteiger partial charge in [-0.05, 0) is 24.6 Å². The lowest BCUT2D eigenvalue weighted by Gasteiger charge is -2.16. The molecule has 0 aromatic carbocycles. The van der Waals surface area contributed by atoms with Crippen LogP contribution in [0.1, 0.15) is 11.3 Å². The number of aromatic nitrogens is 3. The molecule has 0 atom stereocenters. The lowest BCUT2D eigenvalue weighted by molar-refractivity contribution is -0.141. The maximum atomic E-state index is 13.0. The Labute approximate surface area is 140 Å². The molecule has 0 aliphatic heterocycles. The van der Waals surface area contributed by atoms with Crippen LogP contribution in [0.15, 0.2) is 24.5 Å². The van der Waals surface area contributed by atoms with Gasteiger partial charge in [0.25, 0.3) is 0 Å². The summed E-state index contributed by atoms with van der Waals surface area (Å²) >= 11 is 0. The third-order valence-corrected chi connectivity index (χ3v) is 5.14.